The average molecular weight is 331 g/mol. The van der Waals surface area contributed by atoms with Crippen molar-refractivity contribution in [2.24, 2.45) is 5.92 Å². The van der Waals surface area contributed by atoms with Crippen molar-refractivity contribution in [3.63, 3.8) is 0 Å². The molecule has 0 bridgehead atoms. The number of anilines is 1. The van der Waals surface area contributed by atoms with Gasteiger partial charge in [0.15, 0.2) is 9.84 Å². The molecule has 0 saturated carbocycles. The number of piperidine rings is 1. The summed E-state index contributed by atoms with van der Waals surface area (Å²) in [5, 5.41) is 6.07. The summed E-state index contributed by atoms with van der Waals surface area (Å²) in [5.74, 6) is 0.177. The van der Waals surface area contributed by atoms with Crippen molar-refractivity contribution < 1.29 is 13.2 Å². The summed E-state index contributed by atoms with van der Waals surface area (Å²) in [7, 11) is -3.15. The number of halogens is 1. The van der Waals surface area contributed by atoms with Crippen molar-refractivity contribution in [2.75, 3.05) is 24.2 Å². The quantitative estimate of drug-likeness (QED) is 0.859. The first kappa shape index (κ1) is 16.3. The smallest absolute Gasteiger partial charge is 0.227 e. The molecule has 3 rings (SSSR count). The van der Waals surface area contributed by atoms with E-state index in [1.807, 2.05) is 0 Å². The second-order valence-corrected chi connectivity index (χ2v) is 7.48. The maximum Gasteiger partial charge on any atom is 0.227 e. The minimum absolute atomic E-state index is 0. The Morgan fingerprint density at radius 1 is 1.24 bits per heavy atom. The molecular formula is C14H19ClN2O3S. The van der Waals surface area contributed by atoms with Crippen molar-refractivity contribution >= 4 is 33.8 Å². The summed E-state index contributed by atoms with van der Waals surface area (Å²) in [6, 6.07) is 5.19. The molecule has 1 aromatic carbocycles. The van der Waals surface area contributed by atoms with E-state index in [1.165, 1.54) is 0 Å². The first-order valence-corrected chi connectivity index (χ1v) is 8.59. The van der Waals surface area contributed by atoms with Gasteiger partial charge in [0.05, 0.1) is 10.6 Å². The largest absolute Gasteiger partial charge is 0.326 e. The molecule has 1 fully saturated rings. The van der Waals surface area contributed by atoms with E-state index >= 15 is 0 Å². The Labute approximate surface area is 130 Å². The van der Waals surface area contributed by atoms with Crippen LogP contribution >= 0.6 is 12.4 Å². The third-order valence-corrected chi connectivity index (χ3v) is 5.81. The Morgan fingerprint density at radius 3 is 2.67 bits per heavy atom. The van der Waals surface area contributed by atoms with Crippen LogP contribution in [0.2, 0.25) is 0 Å². The summed E-state index contributed by atoms with van der Waals surface area (Å²) in [6.45, 7) is 1.72. The van der Waals surface area contributed by atoms with Crippen LogP contribution in [-0.2, 0) is 21.1 Å². The van der Waals surface area contributed by atoms with Crippen molar-refractivity contribution in [1.82, 2.24) is 5.32 Å². The second kappa shape index (κ2) is 6.34. The highest BCUT2D eigenvalue weighted by molar-refractivity contribution is 7.91. The normalized spacial score (nSPS) is 20.4. The highest BCUT2D eigenvalue weighted by Crippen LogP contribution is 2.29. The Bertz CT molecular complexity index is 640. The molecule has 0 atom stereocenters. The van der Waals surface area contributed by atoms with E-state index in [2.05, 4.69) is 10.6 Å². The number of carbonyl (C=O) groups is 1. The fourth-order valence-corrected chi connectivity index (χ4v) is 4.40. The molecule has 5 nitrogen and oxygen atoms in total. The van der Waals surface area contributed by atoms with Crippen LogP contribution in [-0.4, -0.2) is 33.2 Å². The van der Waals surface area contributed by atoms with Gasteiger partial charge in [-0.15, -0.1) is 12.4 Å². The minimum atomic E-state index is -3.15. The van der Waals surface area contributed by atoms with Gasteiger partial charge >= 0.3 is 0 Å². The monoisotopic (exact) mass is 330 g/mol. The molecule has 2 aliphatic heterocycles. The molecule has 0 radical (unpaired) electrons. The summed E-state index contributed by atoms with van der Waals surface area (Å²) in [5.41, 5.74) is 1.43. The van der Waals surface area contributed by atoms with Gasteiger partial charge in [-0.05, 0) is 50.0 Å². The fraction of sp³-hybridized carbons (Fsp3) is 0.500. The SMILES string of the molecule is Cl.O=C(Nc1ccc2c(c1)S(=O)(=O)CC2)C1CCNCC1. The fourth-order valence-electron chi connectivity index (χ4n) is 2.81. The maximum absolute atomic E-state index is 12.1. The molecule has 0 aromatic heterocycles. The number of nitrogens with one attached hydrogen (secondary N) is 2. The van der Waals surface area contributed by atoms with Gasteiger partial charge in [-0.1, -0.05) is 6.07 Å². The number of sulfone groups is 1. The maximum atomic E-state index is 12.1. The van der Waals surface area contributed by atoms with E-state index in [-0.39, 0.29) is 30.0 Å². The van der Waals surface area contributed by atoms with Gasteiger partial charge in [-0.3, -0.25) is 4.79 Å². The summed E-state index contributed by atoms with van der Waals surface area (Å²) < 4.78 is 23.7. The van der Waals surface area contributed by atoms with Gasteiger partial charge in [0, 0.05) is 11.6 Å². The van der Waals surface area contributed by atoms with E-state index in [9.17, 15) is 13.2 Å². The summed E-state index contributed by atoms with van der Waals surface area (Å²) in [6.07, 6.45) is 2.23. The number of rotatable bonds is 2. The van der Waals surface area contributed by atoms with Crippen LogP contribution in [0.3, 0.4) is 0 Å². The Kier molecular flexibility index (Phi) is 4.91. The molecule has 21 heavy (non-hydrogen) atoms. The van der Waals surface area contributed by atoms with Crippen molar-refractivity contribution in [3.05, 3.63) is 23.8 Å². The lowest BCUT2D eigenvalue weighted by Gasteiger charge is -2.21. The Balaban J connectivity index is 0.00000161. The summed E-state index contributed by atoms with van der Waals surface area (Å²) in [4.78, 5) is 12.5. The zero-order valence-electron chi connectivity index (χ0n) is 11.6. The number of aryl methyl sites for hydroxylation is 1. The van der Waals surface area contributed by atoms with E-state index < -0.39 is 9.84 Å². The third kappa shape index (κ3) is 3.39. The van der Waals surface area contributed by atoms with Crippen molar-refractivity contribution in [1.29, 1.82) is 0 Å². The van der Waals surface area contributed by atoms with Gasteiger partial charge < -0.3 is 10.6 Å². The van der Waals surface area contributed by atoms with E-state index in [1.54, 1.807) is 18.2 Å². The zero-order valence-corrected chi connectivity index (χ0v) is 13.2. The first-order valence-electron chi connectivity index (χ1n) is 6.93. The van der Waals surface area contributed by atoms with Crippen LogP contribution in [0.1, 0.15) is 18.4 Å². The number of hydrogen-bond acceptors (Lipinski definition) is 4. The van der Waals surface area contributed by atoms with Gasteiger partial charge in [-0.25, -0.2) is 8.42 Å². The van der Waals surface area contributed by atoms with Crippen LogP contribution in [0.4, 0.5) is 5.69 Å². The molecule has 116 valence electrons. The van der Waals surface area contributed by atoms with Crippen molar-refractivity contribution in [3.8, 4) is 0 Å². The van der Waals surface area contributed by atoms with E-state index in [0.717, 1.165) is 31.5 Å². The molecule has 2 heterocycles. The zero-order chi connectivity index (χ0) is 14.2. The van der Waals surface area contributed by atoms with Gasteiger partial charge in [0.2, 0.25) is 5.91 Å². The average Bonchev–Trinajstić information content (AvgIpc) is 2.75. The van der Waals surface area contributed by atoms with Gasteiger partial charge in [0.25, 0.3) is 0 Å². The molecule has 1 saturated heterocycles. The minimum Gasteiger partial charge on any atom is -0.326 e. The highest BCUT2D eigenvalue weighted by atomic mass is 35.5. The number of amides is 1. The lowest BCUT2D eigenvalue weighted by atomic mass is 9.97. The standard InChI is InChI=1S/C14H18N2O3S.ClH/c17-14(11-3-6-15-7-4-11)16-12-2-1-10-5-8-20(18,19)13(10)9-12;/h1-2,9,11,15H,3-8H2,(H,16,17);1H. The molecule has 2 N–H and O–H groups in total. The number of carbonyl (C=O) groups excluding carboxylic acids is 1. The van der Waals surface area contributed by atoms with Crippen LogP contribution in [0.5, 0.6) is 0 Å². The van der Waals surface area contributed by atoms with Crippen molar-refractivity contribution in [2.45, 2.75) is 24.2 Å². The molecule has 1 aromatic rings. The van der Waals surface area contributed by atoms with Gasteiger partial charge in [-0.2, -0.15) is 0 Å². The molecular weight excluding hydrogens is 312 g/mol. The molecule has 0 spiro atoms. The predicted molar refractivity (Wildman–Crippen MR) is 83.7 cm³/mol. The molecule has 1 amide bonds. The summed E-state index contributed by atoms with van der Waals surface area (Å²) >= 11 is 0. The molecule has 7 heteroatoms. The van der Waals surface area contributed by atoms with Crippen LogP contribution in [0.15, 0.2) is 23.1 Å². The van der Waals surface area contributed by atoms with Crippen LogP contribution in [0.25, 0.3) is 0 Å². The molecule has 0 unspecified atom stereocenters. The van der Waals surface area contributed by atoms with Crippen LogP contribution < -0.4 is 10.6 Å². The number of benzene rings is 1. The van der Waals surface area contributed by atoms with Crippen LogP contribution in [0, 0.1) is 5.92 Å². The lowest BCUT2D eigenvalue weighted by Crippen LogP contribution is -2.34. The number of hydrogen-bond donors (Lipinski definition) is 2. The first-order chi connectivity index (χ1) is 9.56. The highest BCUT2D eigenvalue weighted by Gasteiger charge is 2.27. The van der Waals surface area contributed by atoms with E-state index in [4.69, 9.17) is 0 Å². The Morgan fingerprint density at radius 2 is 1.95 bits per heavy atom. The topological polar surface area (TPSA) is 75.3 Å². The third-order valence-electron chi connectivity index (χ3n) is 4.02. The lowest BCUT2D eigenvalue weighted by molar-refractivity contribution is -0.120. The Hall–Kier alpha value is -1.11. The number of fused-ring (bicyclic) bond motifs is 1. The van der Waals surface area contributed by atoms with Gasteiger partial charge in [0.1, 0.15) is 0 Å². The predicted octanol–water partition coefficient (Wildman–Crippen LogP) is 1.38. The second-order valence-electron chi connectivity index (χ2n) is 5.40. The molecule has 2 aliphatic rings. The molecule has 0 aliphatic carbocycles. The van der Waals surface area contributed by atoms with E-state index in [0.29, 0.717) is 17.0 Å².